The van der Waals surface area contributed by atoms with E-state index in [0.717, 1.165) is 0 Å². The van der Waals surface area contributed by atoms with Crippen molar-refractivity contribution in [3.05, 3.63) is 54.3 Å². The average molecular weight is 361 g/mol. The number of anilines is 2. The Kier molecular flexibility index (Phi) is 6.71. The van der Waals surface area contributed by atoms with Gasteiger partial charge < -0.3 is 20.3 Å². The second-order valence-corrected chi connectivity index (χ2v) is 5.59. The molecule has 0 aromatic heterocycles. The molecule has 2 rings (SSSR count). The highest BCUT2D eigenvalue weighted by molar-refractivity contribution is 7.80. The van der Waals surface area contributed by atoms with Crippen molar-refractivity contribution in [2.24, 2.45) is 0 Å². The number of amides is 1. The number of methoxy groups -OCH3 is 1. The summed E-state index contributed by atoms with van der Waals surface area (Å²) in [4.78, 5) is 14.0. The van der Waals surface area contributed by atoms with E-state index in [-0.39, 0.29) is 18.3 Å². The van der Waals surface area contributed by atoms with Gasteiger partial charge in [-0.05, 0) is 55.5 Å². The van der Waals surface area contributed by atoms with Crippen LogP contribution in [-0.4, -0.2) is 36.1 Å². The second kappa shape index (κ2) is 8.98. The Morgan fingerprint density at radius 2 is 1.84 bits per heavy atom. The summed E-state index contributed by atoms with van der Waals surface area (Å²) in [6.45, 7) is 2.53. The molecular weight excluding hydrogens is 341 g/mol. The summed E-state index contributed by atoms with van der Waals surface area (Å²) in [5.74, 6) is 0.0560. The van der Waals surface area contributed by atoms with E-state index < -0.39 is 0 Å². The molecule has 0 atom stereocenters. The van der Waals surface area contributed by atoms with Gasteiger partial charge in [-0.25, -0.2) is 4.39 Å². The summed E-state index contributed by atoms with van der Waals surface area (Å²) >= 11 is 5.34. The van der Waals surface area contributed by atoms with Gasteiger partial charge in [0.2, 0.25) is 5.91 Å². The zero-order valence-corrected chi connectivity index (χ0v) is 14.9. The lowest BCUT2D eigenvalue weighted by Crippen LogP contribution is -2.40. The highest BCUT2D eigenvalue weighted by Crippen LogP contribution is 2.22. The van der Waals surface area contributed by atoms with Crippen LogP contribution in [-0.2, 0) is 4.79 Å². The Morgan fingerprint density at radius 1 is 1.16 bits per heavy atom. The SMILES string of the molecule is CCN(CC(=O)Nc1ccccc1OC)C(=S)Nc1ccc(F)cc1. The number of thiocarbonyl (C=S) groups is 1. The largest absolute Gasteiger partial charge is 0.495 e. The Labute approximate surface area is 151 Å². The van der Waals surface area contributed by atoms with Crippen molar-refractivity contribution in [3.63, 3.8) is 0 Å². The lowest BCUT2D eigenvalue weighted by Gasteiger charge is -2.24. The van der Waals surface area contributed by atoms with Gasteiger partial charge in [0.15, 0.2) is 5.11 Å². The summed E-state index contributed by atoms with van der Waals surface area (Å²) in [7, 11) is 1.55. The molecule has 0 aliphatic carbocycles. The quantitative estimate of drug-likeness (QED) is 0.772. The molecule has 132 valence electrons. The standard InChI is InChI=1S/C18H20FN3O2S/c1-3-22(18(25)20-14-10-8-13(19)9-11-14)12-17(23)21-15-6-4-5-7-16(15)24-2/h4-11H,3,12H2,1-2H3,(H,20,25)(H,21,23). The van der Waals surface area contributed by atoms with Crippen LogP contribution in [0.5, 0.6) is 5.75 Å². The molecule has 5 nitrogen and oxygen atoms in total. The van der Waals surface area contributed by atoms with Crippen LogP contribution in [0.3, 0.4) is 0 Å². The number of halogens is 1. The van der Waals surface area contributed by atoms with Gasteiger partial charge in [-0.3, -0.25) is 4.79 Å². The first-order valence-electron chi connectivity index (χ1n) is 7.78. The molecule has 0 saturated heterocycles. The first-order chi connectivity index (χ1) is 12.0. The van der Waals surface area contributed by atoms with E-state index in [1.54, 1.807) is 36.3 Å². The van der Waals surface area contributed by atoms with E-state index in [1.807, 2.05) is 19.1 Å². The van der Waals surface area contributed by atoms with E-state index in [1.165, 1.54) is 12.1 Å². The summed E-state index contributed by atoms with van der Waals surface area (Å²) in [6, 6.07) is 13.0. The molecule has 7 heteroatoms. The van der Waals surface area contributed by atoms with Crippen LogP contribution in [0.25, 0.3) is 0 Å². The first kappa shape index (κ1) is 18.7. The number of rotatable bonds is 6. The molecule has 1 amide bonds. The Balaban J connectivity index is 1.96. The number of hydrogen-bond acceptors (Lipinski definition) is 3. The fourth-order valence-corrected chi connectivity index (χ4v) is 2.49. The third kappa shape index (κ3) is 5.42. The molecule has 0 saturated carbocycles. The van der Waals surface area contributed by atoms with Crippen LogP contribution < -0.4 is 15.4 Å². The molecule has 0 fully saturated rings. The van der Waals surface area contributed by atoms with Gasteiger partial charge >= 0.3 is 0 Å². The van der Waals surface area contributed by atoms with Crippen molar-refractivity contribution >= 4 is 34.6 Å². The van der Waals surface area contributed by atoms with Gasteiger partial charge in [-0.15, -0.1) is 0 Å². The van der Waals surface area contributed by atoms with Crippen LogP contribution in [0.1, 0.15) is 6.92 Å². The predicted octanol–water partition coefficient (Wildman–Crippen LogP) is 3.49. The number of carbonyl (C=O) groups excluding carboxylic acids is 1. The van der Waals surface area contributed by atoms with Crippen molar-refractivity contribution < 1.29 is 13.9 Å². The molecule has 0 aliphatic heterocycles. The Bertz CT molecular complexity index is 737. The van der Waals surface area contributed by atoms with Crippen LogP contribution in [0.15, 0.2) is 48.5 Å². The summed E-state index contributed by atoms with van der Waals surface area (Å²) in [5.41, 5.74) is 1.26. The van der Waals surface area contributed by atoms with Crippen LogP contribution in [0.2, 0.25) is 0 Å². The molecule has 0 radical (unpaired) electrons. The molecule has 2 N–H and O–H groups in total. The maximum Gasteiger partial charge on any atom is 0.244 e. The van der Waals surface area contributed by atoms with Gasteiger partial charge in [0.05, 0.1) is 19.3 Å². The first-order valence-corrected chi connectivity index (χ1v) is 8.18. The van der Waals surface area contributed by atoms with Gasteiger partial charge in [0.1, 0.15) is 11.6 Å². The minimum Gasteiger partial charge on any atom is -0.495 e. The van der Waals surface area contributed by atoms with Crippen LogP contribution in [0.4, 0.5) is 15.8 Å². The summed E-state index contributed by atoms with van der Waals surface area (Å²) in [5, 5.41) is 6.20. The average Bonchev–Trinajstić information content (AvgIpc) is 2.62. The molecule has 0 aliphatic rings. The highest BCUT2D eigenvalue weighted by atomic mass is 32.1. The molecule has 25 heavy (non-hydrogen) atoms. The van der Waals surface area contributed by atoms with E-state index >= 15 is 0 Å². The minimum absolute atomic E-state index is 0.0849. The van der Waals surface area contributed by atoms with E-state index in [0.29, 0.717) is 28.8 Å². The van der Waals surface area contributed by atoms with E-state index in [2.05, 4.69) is 10.6 Å². The topological polar surface area (TPSA) is 53.6 Å². The van der Waals surface area contributed by atoms with Gasteiger partial charge in [-0.2, -0.15) is 0 Å². The highest BCUT2D eigenvalue weighted by Gasteiger charge is 2.14. The fraction of sp³-hybridized carbons (Fsp3) is 0.222. The number of para-hydroxylation sites is 2. The molecule has 0 bridgehead atoms. The third-order valence-corrected chi connectivity index (χ3v) is 3.84. The lowest BCUT2D eigenvalue weighted by molar-refractivity contribution is -0.116. The number of likely N-dealkylation sites (N-methyl/N-ethyl adjacent to an activating group) is 1. The van der Waals surface area contributed by atoms with Crippen molar-refractivity contribution in [2.75, 3.05) is 30.8 Å². The Morgan fingerprint density at radius 3 is 2.48 bits per heavy atom. The predicted molar refractivity (Wildman–Crippen MR) is 101 cm³/mol. The lowest BCUT2D eigenvalue weighted by atomic mass is 10.3. The second-order valence-electron chi connectivity index (χ2n) is 5.20. The molecule has 0 heterocycles. The van der Waals surface area contributed by atoms with Gasteiger partial charge in [0.25, 0.3) is 0 Å². The fourth-order valence-electron chi connectivity index (χ4n) is 2.17. The van der Waals surface area contributed by atoms with Crippen molar-refractivity contribution in [3.8, 4) is 5.75 Å². The molecular formula is C18H20FN3O2S. The summed E-state index contributed by atoms with van der Waals surface area (Å²) in [6.07, 6.45) is 0. The smallest absolute Gasteiger partial charge is 0.244 e. The van der Waals surface area contributed by atoms with Crippen LogP contribution in [0, 0.1) is 5.82 Å². The van der Waals surface area contributed by atoms with Gasteiger partial charge in [-0.1, -0.05) is 12.1 Å². The number of ether oxygens (including phenoxy) is 1. The molecule has 2 aromatic rings. The maximum absolute atomic E-state index is 13.0. The number of nitrogens with zero attached hydrogens (tertiary/aromatic N) is 1. The van der Waals surface area contributed by atoms with E-state index in [9.17, 15) is 9.18 Å². The number of carbonyl (C=O) groups is 1. The maximum atomic E-state index is 13.0. The van der Waals surface area contributed by atoms with E-state index in [4.69, 9.17) is 17.0 Å². The van der Waals surface area contributed by atoms with Gasteiger partial charge in [0, 0.05) is 12.2 Å². The molecule has 0 unspecified atom stereocenters. The van der Waals surface area contributed by atoms with Crippen molar-refractivity contribution in [1.82, 2.24) is 4.90 Å². The molecule has 0 spiro atoms. The number of benzene rings is 2. The van der Waals surface area contributed by atoms with Crippen LogP contribution >= 0.6 is 12.2 Å². The monoisotopic (exact) mass is 361 g/mol. The zero-order chi connectivity index (χ0) is 18.2. The Hall–Kier alpha value is -2.67. The normalized spacial score (nSPS) is 10.0. The number of hydrogen-bond donors (Lipinski definition) is 2. The summed E-state index contributed by atoms with van der Waals surface area (Å²) < 4.78 is 18.2. The molecule has 2 aromatic carbocycles. The number of nitrogens with one attached hydrogen (secondary N) is 2. The van der Waals surface area contributed by atoms with Crippen molar-refractivity contribution in [2.45, 2.75) is 6.92 Å². The van der Waals surface area contributed by atoms with Crippen molar-refractivity contribution in [1.29, 1.82) is 0 Å². The minimum atomic E-state index is -0.319. The zero-order valence-electron chi connectivity index (χ0n) is 14.1. The third-order valence-electron chi connectivity index (χ3n) is 3.48.